The molecule has 0 amide bonds. The number of sulfonamides is 1. The first-order valence-electron chi connectivity index (χ1n) is 10.1. The van der Waals surface area contributed by atoms with Crippen molar-refractivity contribution in [3.8, 4) is 17.5 Å². The number of halogens is 3. The minimum Gasteiger partial charge on any atom is -0.335 e. The molecule has 0 unspecified atom stereocenters. The van der Waals surface area contributed by atoms with Gasteiger partial charge in [0.15, 0.2) is 0 Å². The fraction of sp³-hybridized carbons (Fsp3) is 0.364. The van der Waals surface area contributed by atoms with E-state index in [1.807, 2.05) is 25.1 Å². The van der Waals surface area contributed by atoms with Gasteiger partial charge in [-0.2, -0.15) is 23.2 Å². The van der Waals surface area contributed by atoms with Gasteiger partial charge in [-0.15, -0.1) is 0 Å². The van der Waals surface area contributed by atoms with Crippen molar-refractivity contribution in [2.45, 2.75) is 56.3 Å². The van der Waals surface area contributed by atoms with Gasteiger partial charge in [-0.05, 0) is 56.9 Å². The largest absolute Gasteiger partial charge is 0.404 e. The third-order valence-electron chi connectivity index (χ3n) is 5.82. The van der Waals surface area contributed by atoms with Crippen LogP contribution in [0.1, 0.15) is 43.4 Å². The standard InChI is InChI=1S/C22H21F3N4O2S/c1-13-6-8-17-18(11-26)21(29(20(17)10-13)15-4-3-5-15)19-9-7-16(12-27-19)32(30,31)28-14(2)22(23,24)25/h6-10,12,14-15,28H,3-5H2,1-2H3/t14-/m0/s1. The Morgan fingerprint density at radius 2 is 1.97 bits per heavy atom. The molecule has 1 N–H and O–H groups in total. The van der Waals surface area contributed by atoms with Crippen LogP contribution in [-0.2, 0) is 10.0 Å². The number of nitriles is 1. The zero-order chi connectivity index (χ0) is 23.3. The van der Waals surface area contributed by atoms with Gasteiger partial charge in [0.25, 0.3) is 0 Å². The molecular weight excluding hydrogens is 441 g/mol. The predicted molar refractivity (Wildman–Crippen MR) is 113 cm³/mol. The second-order valence-corrected chi connectivity index (χ2v) is 9.79. The van der Waals surface area contributed by atoms with E-state index in [0.29, 0.717) is 17.0 Å². The molecule has 1 atom stereocenters. The summed E-state index contributed by atoms with van der Waals surface area (Å²) in [7, 11) is -4.41. The number of hydrogen-bond acceptors (Lipinski definition) is 4. The summed E-state index contributed by atoms with van der Waals surface area (Å²) in [5.74, 6) is 0. The SMILES string of the molecule is Cc1ccc2c(C#N)c(-c3ccc(S(=O)(=O)N[C@@H](C)C(F)(F)F)cn3)n(C3CCC3)c2c1. The summed E-state index contributed by atoms with van der Waals surface area (Å²) in [4.78, 5) is 3.86. The van der Waals surface area contributed by atoms with Crippen molar-refractivity contribution in [2.75, 3.05) is 0 Å². The van der Waals surface area contributed by atoms with Gasteiger partial charge in [-0.1, -0.05) is 12.1 Å². The van der Waals surface area contributed by atoms with Gasteiger partial charge in [0.2, 0.25) is 10.0 Å². The zero-order valence-electron chi connectivity index (χ0n) is 17.4. The van der Waals surface area contributed by atoms with Crippen LogP contribution in [0.15, 0.2) is 41.4 Å². The molecule has 0 bridgehead atoms. The number of fused-ring (bicyclic) bond motifs is 1. The summed E-state index contributed by atoms with van der Waals surface area (Å²) in [5.41, 5.74) is 3.40. The molecule has 0 aliphatic heterocycles. The van der Waals surface area contributed by atoms with Crippen LogP contribution in [0.4, 0.5) is 13.2 Å². The number of aromatic nitrogens is 2. The lowest BCUT2D eigenvalue weighted by molar-refractivity contribution is -0.147. The van der Waals surface area contributed by atoms with Gasteiger partial charge in [0.05, 0.1) is 22.5 Å². The molecule has 10 heteroatoms. The van der Waals surface area contributed by atoms with Crippen LogP contribution in [0.3, 0.4) is 0 Å². The molecule has 6 nitrogen and oxygen atoms in total. The molecule has 32 heavy (non-hydrogen) atoms. The first-order valence-corrected chi connectivity index (χ1v) is 11.6. The predicted octanol–water partition coefficient (Wildman–Crippen LogP) is 4.84. The number of nitrogens with one attached hydrogen (secondary N) is 1. The lowest BCUT2D eigenvalue weighted by Crippen LogP contribution is -2.42. The second-order valence-electron chi connectivity index (χ2n) is 8.07. The second kappa shape index (κ2) is 7.90. The van der Waals surface area contributed by atoms with Crippen molar-refractivity contribution in [1.82, 2.24) is 14.3 Å². The molecule has 1 saturated carbocycles. The molecule has 1 aliphatic rings. The van der Waals surface area contributed by atoms with Gasteiger partial charge >= 0.3 is 6.18 Å². The Hall–Kier alpha value is -2.90. The van der Waals surface area contributed by atoms with Gasteiger partial charge in [0, 0.05) is 17.6 Å². The van der Waals surface area contributed by atoms with E-state index in [2.05, 4.69) is 15.6 Å². The summed E-state index contributed by atoms with van der Waals surface area (Å²) >= 11 is 0. The summed E-state index contributed by atoms with van der Waals surface area (Å²) < 4.78 is 66.8. The Labute approximate surface area is 183 Å². The molecule has 2 heterocycles. The van der Waals surface area contributed by atoms with Crippen LogP contribution < -0.4 is 4.72 Å². The topological polar surface area (TPSA) is 87.8 Å². The number of nitrogens with zero attached hydrogens (tertiary/aromatic N) is 3. The number of rotatable bonds is 5. The molecular formula is C22H21F3N4O2S. The summed E-state index contributed by atoms with van der Waals surface area (Å²) in [6.45, 7) is 2.70. The minimum absolute atomic E-state index is 0.205. The molecule has 1 aromatic carbocycles. The Bertz CT molecular complexity index is 1320. The summed E-state index contributed by atoms with van der Waals surface area (Å²) in [5, 5.41) is 10.7. The van der Waals surface area contributed by atoms with Crippen molar-refractivity contribution >= 4 is 20.9 Å². The summed E-state index contributed by atoms with van der Waals surface area (Å²) in [6.07, 6.45) is -0.687. The van der Waals surface area contributed by atoms with Gasteiger partial charge in [-0.3, -0.25) is 4.98 Å². The highest BCUT2D eigenvalue weighted by Crippen LogP contribution is 2.42. The highest BCUT2D eigenvalue weighted by Gasteiger charge is 2.39. The third-order valence-corrected chi connectivity index (χ3v) is 7.35. The first-order chi connectivity index (χ1) is 15.0. The monoisotopic (exact) mass is 462 g/mol. The Morgan fingerprint density at radius 1 is 1.25 bits per heavy atom. The minimum atomic E-state index is -4.70. The number of benzene rings is 1. The van der Waals surface area contributed by atoms with Crippen LogP contribution in [-0.4, -0.2) is 30.2 Å². The fourth-order valence-electron chi connectivity index (χ4n) is 3.86. The van der Waals surface area contributed by atoms with Gasteiger partial charge in [-0.25, -0.2) is 8.42 Å². The Morgan fingerprint density at radius 3 is 2.50 bits per heavy atom. The van der Waals surface area contributed by atoms with Crippen molar-refractivity contribution in [1.29, 1.82) is 5.26 Å². The molecule has 0 spiro atoms. The Kier molecular flexibility index (Phi) is 5.51. The maximum atomic E-state index is 12.8. The number of pyridine rings is 1. The van der Waals surface area contributed by atoms with E-state index in [1.165, 1.54) is 12.1 Å². The quantitative estimate of drug-likeness (QED) is 0.588. The molecule has 168 valence electrons. The highest BCUT2D eigenvalue weighted by atomic mass is 32.2. The van der Waals surface area contributed by atoms with E-state index in [4.69, 9.17) is 0 Å². The van der Waals surface area contributed by atoms with Crippen molar-refractivity contribution in [3.05, 3.63) is 47.7 Å². The zero-order valence-corrected chi connectivity index (χ0v) is 18.3. The highest BCUT2D eigenvalue weighted by molar-refractivity contribution is 7.89. The van der Waals surface area contributed by atoms with Crippen LogP contribution in [0.25, 0.3) is 22.3 Å². The number of hydrogen-bond donors (Lipinski definition) is 1. The van der Waals surface area contributed by atoms with E-state index >= 15 is 0 Å². The van der Waals surface area contributed by atoms with E-state index in [9.17, 15) is 26.9 Å². The average molecular weight is 462 g/mol. The molecule has 3 aromatic rings. The maximum Gasteiger partial charge on any atom is 0.404 e. The van der Waals surface area contributed by atoms with E-state index < -0.39 is 22.2 Å². The molecule has 1 aliphatic carbocycles. The number of alkyl halides is 3. The molecule has 4 rings (SSSR count). The fourth-order valence-corrected chi connectivity index (χ4v) is 5.03. The van der Waals surface area contributed by atoms with E-state index in [-0.39, 0.29) is 10.9 Å². The van der Waals surface area contributed by atoms with Crippen LogP contribution in [0.2, 0.25) is 0 Å². The lowest BCUT2D eigenvalue weighted by atomic mass is 9.92. The Balaban J connectivity index is 1.80. The van der Waals surface area contributed by atoms with E-state index in [0.717, 1.165) is 48.8 Å². The lowest BCUT2D eigenvalue weighted by Gasteiger charge is -2.30. The average Bonchev–Trinajstić information content (AvgIpc) is 2.99. The summed E-state index contributed by atoms with van der Waals surface area (Å²) in [6, 6.07) is 8.70. The molecule has 2 aromatic heterocycles. The van der Waals surface area contributed by atoms with Crippen LogP contribution >= 0.6 is 0 Å². The van der Waals surface area contributed by atoms with Crippen LogP contribution in [0.5, 0.6) is 0 Å². The maximum absolute atomic E-state index is 12.8. The van der Waals surface area contributed by atoms with Crippen LogP contribution in [0, 0.1) is 18.3 Å². The normalized spacial score (nSPS) is 16.0. The molecule has 1 fully saturated rings. The van der Waals surface area contributed by atoms with Gasteiger partial charge < -0.3 is 4.57 Å². The van der Waals surface area contributed by atoms with Crippen molar-refractivity contribution in [2.24, 2.45) is 0 Å². The van der Waals surface area contributed by atoms with Crippen molar-refractivity contribution in [3.63, 3.8) is 0 Å². The van der Waals surface area contributed by atoms with Crippen molar-refractivity contribution < 1.29 is 21.6 Å². The molecule has 0 radical (unpaired) electrons. The first kappa shape index (κ1) is 22.3. The van der Waals surface area contributed by atoms with Gasteiger partial charge in [0.1, 0.15) is 17.0 Å². The van der Waals surface area contributed by atoms with E-state index in [1.54, 1.807) is 4.72 Å². The third kappa shape index (κ3) is 3.87. The molecule has 0 saturated heterocycles. The number of aryl methyl sites for hydroxylation is 1. The smallest absolute Gasteiger partial charge is 0.335 e.